The van der Waals surface area contributed by atoms with Gasteiger partial charge >= 0.3 is 0 Å². The predicted octanol–water partition coefficient (Wildman–Crippen LogP) is 4.72. The molecule has 0 fully saturated rings. The van der Waals surface area contributed by atoms with Gasteiger partial charge in [0.05, 0.1) is 7.11 Å². The molecule has 0 bridgehead atoms. The summed E-state index contributed by atoms with van der Waals surface area (Å²) in [5, 5.41) is 6.05. The van der Waals surface area contributed by atoms with E-state index in [0.29, 0.717) is 0 Å². The van der Waals surface area contributed by atoms with Gasteiger partial charge in [0.1, 0.15) is 5.75 Å². The summed E-state index contributed by atoms with van der Waals surface area (Å²) in [5.41, 5.74) is 2.48. The number of rotatable bonds is 5. The van der Waals surface area contributed by atoms with Crippen LogP contribution in [0.4, 0.5) is 0 Å². The lowest BCUT2D eigenvalue weighted by atomic mass is 10.1. The number of para-hydroxylation sites is 1. The molecule has 0 saturated carbocycles. The number of ether oxygens (including phenoxy) is 1. The number of fused-ring (bicyclic) bond motifs is 1. The Balaban J connectivity index is 0.00000176. The highest BCUT2D eigenvalue weighted by Crippen LogP contribution is 2.18. The number of nitrogens with one attached hydrogen (secondary N) is 1. The van der Waals surface area contributed by atoms with Gasteiger partial charge < -0.3 is 10.1 Å². The van der Waals surface area contributed by atoms with Crippen molar-refractivity contribution >= 4 is 27.8 Å². The van der Waals surface area contributed by atoms with Crippen LogP contribution in [0.15, 0.2) is 66.7 Å². The first-order chi connectivity index (χ1) is 10.4. The van der Waals surface area contributed by atoms with Crippen LogP contribution in [-0.4, -0.2) is 7.11 Å². The Morgan fingerprint density at radius 3 is 2.36 bits per heavy atom. The van der Waals surface area contributed by atoms with E-state index in [4.69, 9.17) is 4.74 Å². The molecule has 0 saturated heterocycles. The quantitative estimate of drug-likeness (QED) is 0.713. The summed E-state index contributed by atoms with van der Waals surface area (Å²) in [4.78, 5) is 0. The van der Waals surface area contributed by atoms with Gasteiger partial charge in [-0.15, -0.1) is 17.0 Å². The summed E-state index contributed by atoms with van der Waals surface area (Å²) < 4.78 is 5.37. The monoisotopic (exact) mass is 357 g/mol. The number of halogens is 1. The van der Waals surface area contributed by atoms with Gasteiger partial charge in [0.2, 0.25) is 0 Å². The second kappa shape index (κ2) is 7.97. The molecule has 3 aromatic carbocycles. The first-order valence-corrected chi connectivity index (χ1v) is 7.17. The summed E-state index contributed by atoms with van der Waals surface area (Å²) in [7, 11) is 1.71. The second-order valence-corrected chi connectivity index (χ2v) is 5.10. The van der Waals surface area contributed by atoms with Crippen molar-refractivity contribution in [3.8, 4) is 5.75 Å². The van der Waals surface area contributed by atoms with Crippen molar-refractivity contribution in [1.82, 2.24) is 5.32 Å². The molecule has 0 radical (unpaired) electrons. The Hall–Kier alpha value is -1.84. The lowest BCUT2D eigenvalue weighted by Crippen LogP contribution is -2.13. The van der Waals surface area contributed by atoms with E-state index in [2.05, 4.69) is 53.8 Å². The molecule has 0 heterocycles. The highest BCUT2D eigenvalue weighted by molar-refractivity contribution is 8.93. The molecule has 114 valence electrons. The SMILES string of the molecule is Br.COc1ccccc1CNCc1ccc2ccccc2c1. The van der Waals surface area contributed by atoms with Crippen LogP contribution >= 0.6 is 17.0 Å². The molecular formula is C19H20BrNO. The molecule has 3 aromatic rings. The fraction of sp³-hybridized carbons (Fsp3) is 0.158. The molecule has 22 heavy (non-hydrogen) atoms. The van der Waals surface area contributed by atoms with Gasteiger partial charge in [-0.3, -0.25) is 0 Å². The fourth-order valence-corrected chi connectivity index (χ4v) is 2.54. The van der Waals surface area contributed by atoms with E-state index in [1.165, 1.54) is 21.9 Å². The van der Waals surface area contributed by atoms with E-state index in [1.807, 2.05) is 18.2 Å². The highest BCUT2D eigenvalue weighted by atomic mass is 79.9. The van der Waals surface area contributed by atoms with Crippen molar-refractivity contribution in [3.05, 3.63) is 77.9 Å². The summed E-state index contributed by atoms with van der Waals surface area (Å²) in [6.45, 7) is 1.65. The van der Waals surface area contributed by atoms with Crippen LogP contribution in [0.25, 0.3) is 10.8 Å². The van der Waals surface area contributed by atoms with Crippen LogP contribution < -0.4 is 10.1 Å². The van der Waals surface area contributed by atoms with E-state index in [-0.39, 0.29) is 17.0 Å². The van der Waals surface area contributed by atoms with Crippen LogP contribution in [0.5, 0.6) is 5.75 Å². The van der Waals surface area contributed by atoms with Crippen molar-refractivity contribution in [2.24, 2.45) is 0 Å². The van der Waals surface area contributed by atoms with Gasteiger partial charge in [-0.2, -0.15) is 0 Å². The lowest BCUT2D eigenvalue weighted by molar-refractivity contribution is 0.407. The van der Waals surface area contributed by atoms with E-state index >= 15 is 0 Å². The second-order valence-electron chi connectivity index (χ2n) is 5.10. The van der Waals surface area contributed by atoms with Crippen molar-refractivity contribution in [2.75, 3.05) is 7.11 Å². The van der Waals surface area contributed by atoms with Gasteiger partial charge in [-0.1, -0.05) is 54.6 Å². The number of methoxy groups -OCH3 is 1. The van der Waals surface area contributed by atoms with E-state index in [0.717, 1.165) is 18.8 Å². The zero-order chi connectivity index (χ0) is 14.5. The largest absolute Gasteiger partial charge is 0.496 e. The average Bonchev–Trinajstić information content (AvgIpc) is 2.55. The van der Waals surface area contributed by atoms with Crippen LogP contribution in [0.2, 0.25) is 0 Å². The Labute approximate surface area is 141 Å². The van der Waals surface area contributed by atoms with Crippen molar-refractivity contribution in [3.63, 3.8) is 0 Å². The van der Waals surface area contributed by atoms with Gasteiger partial charge in [0.25, 0.3) is 0 Å². The molecule has 3 heteroatoms. The Morgan fingerprint density at radius 1 is 0.818 bits per heavy atom. The smallest absolute Gasteiger partial charge is 0.123 e. The molecule has 0 atom stereocenters. The number of hydrogen-bond acceptors (Lipinski definition) is 2. The normalized spacial score (nSPS) is 10.2. The molecule has 0 aliphatic carbocycles. The van der Waals surface area contributed by atoms with Crippen LogP contribution in [-0.2, 0) is 13.1 Å². The van der Waals surface area contributed by atoms with Gasteiger partial charge in [0, 0.05) is 18.7 Å². The third-order valence-electron chi connectivity index (χ3n) is 3.65. The minimum Gasteiger partial charge on any atom is -0.496 e. The van der Waals surface area contributed by atoms with Crippen LogP contribution in [0, 0.1) is 0 Å². The molecule has 3 rings (SSSR count). The summed E-state index contributed by atoms with van der Waals surface area (Å²) in [6.07, 6.45) is 0. The van der Waals surface area contributed by atoms with E-state index in [1.54, 1.807) is 7.11 Å². The molecule has 0 unspecified atom stereocenters. The topological polar surface area (TPSA) is 21.3 Å². The standard InChI is InChI=1S/C19H19NO.BrH/c1-21-19-9-5-4-8-18(19)14-20-13-15-10-11-16-6-2-3-7-17(16)12-15;/h2-12,20H,13-14H2,1H3;1H. The number of benzene rings is 3. The zero-order valence-corrected chi connectivity index (χ0v) is 14.3. The summed E-state index contributed by atoms with van der Waals surface area (Å²) in [6, 6.07) is 23.1. The maximum absolute atomic E-state index is 5.37. The lowest BCUT2D eigenvalue weighted by Gasteiger charge is -2.10. The Kier molecular flexibility index (Phi) is 5.99. The van der Waals surface area contributed by atoms with Gasteiger partial charge in [-0.25, -0.2) is 0 Å². The first kappa shape index (κ1) is 16.5. The van der Waals surface area contributed by atoms with Crippen molar-refractivity contribution in [2.45, 2.75) is 13.1 Å². The molecule has 0 spiro atoms. The molecule has 0 aliphatic heterocycles. The molecule has 0 aliphatic rings. The Bertz CT molecular complexity index is 742. The number of hydrogen-bond donors (Lipinski definition) is 1. The molecule has 2 nitrogen and oxygen atoms in total. The van der Waals surface area contributed by atoms with Gasteiger partial charge in [-0.05, 0) is 28.5 Å². The van der Waals surface area contributed by atoms with Crippen molar-refractivity contribution in [1.29, 1.82) is 0 Å². The van der Waals surface area contributed by atoms with Gasteiger partial charge in [0.15, 0.2) is 0 Å². The van der Waals surface area contributed by atoms with Crippen LogP contribution in [0.3, 0.4) is 0 Å². The fourth-order valence-electron chi connectivity index (χ4n) is 2.54. The van der Waals surface area contributed by atoms with Crippen LogP contribution in [0.1, 0.15) is 11.1 Å². The van der Waals surface area contributed by atoms with Crippen molar-refractivity contribution < 1.29 is 4.74 Å². The summed E-state index contributed by atoms with van der Waals surface area (Å²) in [5.74, 6) is 0.934. The average molecular weight is 358 g/mol. The third-order valence-corrected chi connectivity index (χ3v) is 3.65. The zero-order valence-electron chi connectivity index (χ0n) is 12.6. The third kappa shape index (κ3) is 3.87. The molecule has 0 amide bonds. The maximum Gasteiger partial charge on any atom is 0.123 e. The predicted molar refractivity (Wildman–Crippen MR) is 97.8 cm³/mol. The minimum absolute atomic E-state index is 0. The molecule has 1 N–H and O–H groups in total. The summed E-state index contributed by atoms with van der Waals surface area (Å²) >= 11 is 0. The first-order valence-electron chi connectivity index (χ1n) is 7.17. The molecule has 0 aromatic heterocycles. The highest BCUT2D eigenvalue weighted by Gasteiger charge is 2.01. The maximum atomic E-state index is 5.37. The minimum atomic E-state index is 0. The van der Waals surface area contributed by atoms with E-state index in [9.17, 15) is 0 Å². The van der Waals surface area contributed by atoms with E-state index < -0.39 is 0 Å². The Morgan fingerprint density at radius 2 is 1.55 bits per heavy atom. The molecular weight excluding hydrogens is 338 g/mol.